The molecular formula is C16H12F2N2O6S. The number of pyridine rings is 2. The third-order valence-electron chi connectivity index (χ3n) is 3.16. The predicted molar refractivity (Wildman–Crippen MR) is 91.7 cm³/mol. The summed E-state index contributed by atoms with van der Waals surface area (Å²) in [5, 5.41) is 9.16. The molecule has 27 heavy (non-hydrogen) atoms. The Morgan fingerprint density at radius 1 is 1.22 bits per heavy atom. The third-order valence-corrected chi connectivity index (χ3v) is 3.16. The van der Waals surface area contributed by atoms with Crippen LogP contribution in [0.1, 0.15) is 10.4 Å². The summed E-state index contributed by atoms with van der Waals surface area (Å²) in [5.74, 6) is -3.10. The molecular weight excluding hydrogens is 386 g/mol. The average molecular weight is 398 g/mol. The number of aromatic nitrogens is 2. The molecule has 2 aromatic heterocycles. The summed E-state index contributed by atoms with van der Waals surface area (Å²) >= 11 is 0. The summed E-state index contributed by atoms with van der Waals surface area (Å²) < 4.78 is 54.0. The van der Waals surface area contributed by atoms with Crippen molar-refractivity contribution in [3.05, 3.63) is 70.1 Å². The Kier molecular flexibility index (Phi) is 5.66. The molecule has 2 heterocycles. The highest BCUT2D eigenvalue weighted by molar-refractivity contribution is 7.85. The Labute approximate surface area is 151 Å². The lowest BCUT2D eigenvalue weighted by Crippen LogP contribution is -2.19. The number of carboxylic acids is 1. The van der Waals surface area contributed by atoms with E-state index in [0.717, 1.165) is 22.9 Å². The molecule has 0 fully saturated rings. The lowest BCUT2D eigenvalue weighted by Gasteiger charge is -2.12. The van der Waals surface area contributed by atoms with Crippen LogP contribution in [0.15, 0.2) is 47.5 Å². The minimum Gasteiger partial charge on any atom is -0.477 e. The first kappa shape index (κ1) is 20.1. The number of nitrogens with zero attached hydrogens (tertiary/aromatic N) is 2. The van der Waals surface area contributed by atoms with Crippen LogP contribution in [-0.4, -0.2) is 39.9 Å². The summed E-state index contributed by atoms with van der Waals surface area (Å²) in [5.41, 5.74) is -1.26. The fourth-order valence-corrected chi connectivity index (χ4v) is 2.17. The Bertz CT molecular complexity index is 1180. The van der Waals surface area contributed by atoms with Crippen molar-refractivity contribution in [3.8, 4) is 5.69 Å². The highest BCUT2D eigenvalue weighted by Crippen LogP contribution is 2.19. The van der Waals surface area contributed by atoms with Crippen molar-refractivity contribution in [1.29, 1.82) is 0 Å². The van der Waals surface area contributed by atoms with Crippen LogP contribution in [0.4, 0.5) is 8.78 Å². The van der Waals surface area contributed by atoms with Gasteiger partial charge >= 0.3 is 5.97 Å². The zero-order valence-corrected chi connectivity index (χ0v) is 14.4. The zero-order chi connectivity index (χ0) is 20.4. The quantitative estimate of drug-likeness (QED) is 0.631. The maximum atomic E-state index is 14.0. The molecule has 142 valence electrons. The number of carboxylic acid groups (broad SMARTS) is 1. The Morgan fingerprint density at radius 2 is 1.85 bits per heavy atom. The number of benzene rings is 1. The number of fused-ring (bicyclic) bond motifs is 1. The normalized spacial score (nSPS) is 11.0. The van der Waals surface area contributed by atoms with Crippen LogP contribution in [0.5, 0.6) is 0 Å². The van der Waals surface area contributed by atoms with E-state index in [1.807, 2.05) is 0 Å². The van der Waals surface area contributed by atoms with Crippen molar-refractivity contribution in [3.63, 3.8) is 0 Å². The van der Waals surface area contributed by atoms with Gasteiger partial charge in [-0.25, -0.2) is 18.6 Å². The first-order valence-corrected chi connectivity index (χ1v) is 8.95. The number of rotatable bonds is 2. The van der Waals surface area contributed by atoms with Gasteiger partial charge in [0.2, 0.25) is 5.43 Å². The maximum Gasteiger partial charge on any atom is 0.341 e. The summed E-state index contributed by atoms with van der Waals surface area (Å²) in [7, 11) is -3.67. The molecule has 2 N–H and O–H groups in total. The minimum absolute atomic E-state index is 0.0334. The van der Waals surface area contributed by atoms with E-state index in [1.165, 1.54) is 18.3 Å². The van der Waals surface area contributed by atoms with Gasteiger partial charge in [0.25, 0.3) is 10.1 Å². The van der Waals surface area contributed by atoms with E-state index in [0.29, 0.717) is 12.3 Å². The van der Waals surface area contributed by atoms with Crippen LogP contribution in [0.2, 0.25) is 0 Å². The van der Waals surface area contributed by atoms with E-state index < -0.39 is 38.7 Å². The van der Waals surface area contributed by atoms with Gasteiger partial charge in [0.15, 0.2) is 0 Å². The molecule has 0 unspecified atom stereocenters. The summed E-state index contributed by atoms with van der Waals surface area (Å²) in [4.78, 5) is 27.3. The summed E-state index contributed by atoms with van der Waals surface area (Å²) in [6.45, 7) is 0. The molecule has 3 aromatic rings. The van der Waals surface area contributed by atoms with E-state index in [1.54, 1.807) is 0 Å². The van der Waals surface area contributed by atoms with Crippen molar-refractivity contribution in [2.24, 2.45) is 0 Å². The van der Waals surface area contributed by atoms with Crippen molar-refractivity contribution < 1.29 is 31.7 Å². The van der Waals surface area contributed by atoms with Gasteiger partial charge in [-0.15, -0.1) is 0 Å². The molecule has 0 atom stereocenters. The number of aromatic carboxylic acids is 1. The van der Waals surface area contributed by atoms with Crippen LogP contribution in [0, 0.1) is 11.6 Å². The van der Waals surface area contributed by atoms with Crippen molar-refractivity contribution in [2.75, 3.05) is 6.26 Å². The Hall–Kier alpha value is -3.18. The highest BCUT2D eigenvalue weighted by atomic mass is 32.2. The molecule has 0 saturated carbocycles. The zero-order valence-electron chi connectivity index (χ0n) is 13.6. The monoisotopic (exact) mass is 398 g/mol. The molecule has 0 spiro atoms. The SMILES string of the molecule is CS(=O)(=O)O.O=C(O)c1cn(-c2ccc(F)cc2F)c2ncccc2c1=O. The fourth-order valence-electron chi connectivity index (χ4n) is 2.17. The first-order chi connectivity index (χ1) is 12.5. The van der Waals surface area contributed by atoms with E-state index in [9.17, 15) is 26.8 Å². The second kappa shape index (κ2) is 7.60. The largest absolute Gasteiger partial charge is 0.477 e. The standard InChI is InChI=1S/C15H8F2N2O3.CH4O3S/c16-8-3-4-12(11(17)6-8)19-7-10(15(21)22)13(20)9-2-1-5-18-14(9)19;1-5(2,3)4/h1-7H,(H,21,22);1H3,(H,2,3,4). The number of hydrogen-bond donors (Lipinski definition) is 2. The molecule has 11 heteroatoms. The fraction of sp³-hybridized carbons (Fsp3) is 0.0625. The van der Waals surface area contributed by atoms with Crippen LogP contribution in [0.25, 0.3) is 16.7 Å². The molecule has 0 saturated heterocycles. The van der Waals surface area contributed by atoms with Gasteiger partial charge in [-0.3, -0.25) is 13.9 Å². The molecule has 1 aromatic carbocycles. The van der Waals surface area contributed by atoms with E-state index >= 15 is 0 Å². The molecule has 0 aliphatic rings. The second-order valence-electron chi connectivity index (χ2n) is 5.25. The van der Waals surface area contributed by atoms with Gasteiger partial charge in [-0.05, 0) is 24.3 Å². The van der Waals surface area contributed by atoms with Crippen molar-refractivity contribution in [1.82, 2.24) is 9.55 Å². The molecule has 3 rings (SSSR count). The van der Waals surface area contributed by atoms with E-state index in [2.05, 4.69) is 4.98 Å². The van der Waals surface area contributed by atoms with Crippen LogP contribution in [0.3, 0.4) is 0 Å². The molecule has 0 aliphatic heterocycles. The number of carbonyl (C=O) groups is 1. The lowest BCUT2D eigenvalue weighted by molar-refractivity contribution is 0.0695. The van der Waals surface area contributed by atoms with Crippen molar-refractivity contribution in [2.45, 2.75) is 0 Å². The molecule has 0 aliphatic carbocycles. The van der Waals surface area contributed by atoms with Gasteiger partial charge in [0.05, 0.1) is 17.3 Å². The molecule has 0 bridgehead atoms. The number of hydrogen-bond acceptors (Lipinski definition) is 5. The van der Waals surface area contributed by atoms with Gasteiger partial charge in [0, 0.05) is 18.5 Å². The average Bonchev–Trinajstić information content (AvgIpc) is 2.54. The van der Waals surface area contributed by atoms with Gasteiger partial charge in [-0.2, -0.15) is 8.42 Å². The third kappa shape index (κ3) is 4.92. The maximum absolute atomic E-state index is 14.0. The predicted octanol–water partition coefficient (Wildman–Crippen LogP) is 1.87. The second-order valence-corrected chi connectivity index (χ2v) is 6.72. The van der Waals surface area contributed by atoms with Gasteiger partial charge in [0.1, 0.15) is 22.8 Å². The van der Waals surface area contributed by atoms with Crippen molar-refractivity contribution >= 4 is 27.1 Å². The summed E-state index contributed by atoms with van der Waals surface area (Å²) in [6, 6.07) is 5.72. The van der Waals surface area contributed by atoms with Crippen LogP contribution >= 0.6 is 0 Å². The minimum atomic E-state index is -3.67. The topological polar surface area (TPSA) is 127 Å². The smallest absolute Gasteiger partial charge is 0.341 e. The number of halogens is 2. The Balaban J connectivity index is 0.000000465. The van der Waals surface area contributed by atoms with Gasteiger partial charge < -0.3 is 5.11 Å². The van der Waals surface area contributed by atoms with Crippen LogP contribution in [-0.2, 0) is 10.1 Å². The van der Waals surface area contributed by atoms with E-state index in [4.69, 9.17) is 9.66 Å². The Morgan fingerprint density at radius 3 is 2.41 bits per heavy atom. The lowest BCUT2D eigenvalue weighted by atomic mass is 10.2. The molecule has 0 amide bonds. The van der Waals surface area contributed by atoms with Crippen LogP contribution < -0.4 is 5.43 Å². The van der Waals surface area contributed by atoms with E-state index in [-0.39, 0.29) is 16.7 Å². The highest BCUT2D eigenvalue weighted by Gasteiger charge is 2.17. The molecule has 0 radical (unpaired) electrons. The van der Waals surface area contributed by atoms with Gasteiger partial charge in [-0.1, -0.05) is 0 Å². The molecule has 8 nitrogen and oxygen atoms in total. The first-order valence-electron chi connectivity index (χ1n) is 7.10. The summed E-state index contributed by atoms with van der Waals surface area (Å²) in [6.07, 6.45) is 3.09.